The van der Waals surface area contributed by atoms with Gasteiger partial charge in [-0.2, -0.15) is 0 Å². The van der Waals surface area contributed by atoms with Crippen molar-refractivity contribution in [3.63, 3.8) is 0 Å². The molecule has 3 rings (SSSR count). The summed E-state index contributed by atoms with van der Waals surface area (Å²) in [5, 5.41) is 6.81. The molecule has 1 amide bonds. The molecule has 2 aromatic heterocycles. The predicted octanol–water partition coefficient (Wildman–Crippen LogP) is 0.979. The van der Waals surface area contributed by atoms with Gasteiger partial charge in [0.2, 0.25) is 5.82 Å². The third kappa shape index (κ3) is 2.50. The van der Waals surface area contributed by atoms with Crippen LogP contribution in [0.3, 0.4) is 0 Å². The van der Waals surface area contributed by atoms with Crippen molar-refractivity contribution in [3.05, 3.63) is 34.5 Å². The van der Waals surface area contributed by atoms with Crippen molar-refractivity contribution in [3.8, 4) is 5.75 Å². The second-order valence-corrected chi connectivity index (χ2v) is 5.24. The minimum absolute atomic E-state index is 0.0562. The number of aryl methyl sites for hydroxylation is 1. The Hall–Kier alpha value is -2.68. The van der Waals surface area contributed by atoms with Crippen LogP contribution >= 0.6 is 11.3 Å². The van der Waals surface area contributed by atoms with Gasteiger partial charge in [0.05, 0.1) is 17.3 Å². The van der Waals surface area contributed by atoms with E-state index in [1.807, 2.05) is 12.1 Å². The Morgan fingerprint density at radius 1 is 1.48 bits per heavy atom. The second kappa shape index (κ2) is 5.02. The van der Waals surface area contributed by atoms with E-state index in [2.05, 4.69) is 20.4 Å². The summed E-state index contributed by atoms with van der Waals surface area (Å²) in [5.74, 6) is 0.149. The highest BCUT2D eigenvalue weighted by Gasteiger charge is 2.14. The molecule has 0 unspecified atom stereocenters. The van der Waals surface area contributed by atoms with Gasteiger partial charge in [0.15, 0.2) is 5.13 Å². The van der Waals surface area contributed by atoms with Crippen molar-refractivity contribution in [1.29, 1.82) is 0 Å². The number of carbonyl (C=O) groups excluding carboxylic acids is 1. The highest BCUT2D eigenvalue weighted by molar-refractivity contribution is 7.22. The van der Waals surface area contributed by atoms with E-state index >= 15 is 0 Å². The summed E-state index contributed by atoms with van der Waals surface area (Å²) in [6.45, 7) is 0. The summed E-state index contributed by atoms with van der Waals surface area (Å²) in [6, 6.07) is 5.44. The smallest absolute Gasteiger partial charge is 0.343 e. The number of ether oxygens (including phenoxy) is 1. The molecule has 0 saturated carbocycles. The van der Waals surface area contributed by atoms with Crippen LogP contribution in [0.2, 0.25) is 0 Å². The molecule has 1 aromatic carbocycles. The number of benzene rings is 1. The summed E-state index contributed by atoms with van der Waals surface area (Å²) < 4.78 is 7.08. The lowest BCUT2D eigenvalue weighted by atomic mass is 10.3. The van der Waals surface area contributed by atoms with Gasteiger partial charge in [0, 0.05) is 7.05 Å². The normalized spacial score (nSPS) is 10.8. The number of aromatic amines is 1. The van der Waals surface area contributed by atoms with Crippen LogP contribution in [0, 0.1) is 0 Å². The molecule has 9 heteroatoms. The molecule has 0 fully saturated rings. The number of H-pyrrole nitrogens is 1. The number of anilines is 1. The fourth-order valence-corrected chi connectivity index (χ4v) is 2.64. The molecule has 0 saturated heterocycles. The van der Waals surface area contributed by atoms with Gasteiger partial charge in [-0.25, -0.2) is 14.5 Å². The average molecular weight is 305 g/mol. The molecule has 0 bridgehead atoms. The van der Waals surface area contributed by atoms with E-state index < -0.39 is 11.6 Å². The SMILES string of the molecule is COc1ccc2nc(NC(=O)c3nn(C)c(=O)[nH]3)sc2c1. The van der Waals surface area contributed by atoms with E-state index in [4.69, 9.17) is 4.74 Å². The Morgan fingerprint density at radius 3 is 2.95 bits per heavy atom. The second-order valence-electron chi connectivity index (χ2n) is 4.21. The monoisotopic (exact) mass is 305 g/mol. The number of amides is 1. The molecular weight excluding hydrogens is 294 g/mol. The Kier molecular flexibility index (Phi) is 3.18. The summed E-state index contributed by atoms with van der Waals surface area (Å²) in [4.78, 5) is 29.9. The maximum Gasteiger partial charge on any atom is 0.343 e. The van der Waals surface area contributed by atoms with E-state index in [0.717, 1.165) is 20.6 Å². The third-order valence-electron chi connectivity index (χ3n) is 2.80. The molecule has 0 aliphatic rings. The van der Waals surface area contributed by atoms with Crippen molar-refractivity contribution in [1.82, 2.24) is 19.7 Å². The van der Waals surface area contributed by atoms with Gasteiger partial charge in [-0.15, -0.1) is 5.10 Å². The van der Waals surface area contributed by atoms with Gasteiger partial charge in [-0.3, -0.25) is 15.1 Å². The summed E-state index contributed by atoms with van der Waals surface area (Å²) >= 11 is 1.31. The first-order chi connectivity index (χ1) is 10.1. The lowest BCUT2D eigenvalue weighted by Crippen LogP contribution is -2.14. The van der Waals surface area contributed by atoms with Gasteiger partial charge in [0.1, 0.15) is 5.75 Å². The van der Waals surface area contributed by atoms with Gasteiger partial charge in [0.25, 0.3) is 5.91 Å². The molecule has 0 aliphatic heterocycles. The number of rotatable bonds is 3. The van der Waals surface area contributed by atoms with Crippen LogP contribution in [0.5, 0.6) is 5.75 Å². The molecule has 0 atom stereocenters. The molecule has 8 nitrogen and oxygen atoms in total. The van der Waals surface area contributed by atoms with Crippen LogP contribution < -0.4 is 15.7 Å². The predicted molar refractivity (Wildman–Crippen MR) is 78.0 cm³/mol. The maximum atomic E-state index is 12.0. The van der Waals surface area contributed by atoms with E-state index in [1.165, 1.54) is 18.4 Å². The van der Waals surface area contributed by atoms with Crippen LogP contribution in [-0.4, -0.2) is 32.8 Å². The van der Waals surface area contributed by atoms with Gasteiger partial charge in [-0.1, -0.05) is 11.3 Å². The number of thiazole rings is 1. The first kappa shape index (κ1) is 13.3. The largest absolute Gasteiger partial charge is 0.497 e. The molecule has 108 valence electrons. The Morgan fingerprint density at radius 2 is 2.29 bits per heavy atom. The van der Waals surface area contributed by atoms with Gasteiger partial charge >= 0.3 is 5.69 Å². The number of fused-ring (bicyclic) bond motifs is 1. The van der Waals surface area contributed by atoms with E-state index in [0.29, 0.717) is 5.13 Å². The third-order valence-corrected chi connectivity index (χ3v) is 3.73. The Balaban J connectivity index is 1.87. The van der Waals surface area contributed by atoms with Crippen molar-refractivity contribution in [2.24, 2.45) is 7.05 Å². The summed E-state index contributed by atoms with van der Waals surface area (Å²) in [5.41, 5.74) is 0.305. The number of nitrogens with one attached hydrogen (secondary N) is 2. The molecule has 3 aromatic rings. The lowest BCUT2D eigenvalue weighted by molar-refractivity contribution is 0.101. The van der Waals surface area contributed by atoms with Gasteiger partial charge < -0.3 is 4.74 Å². The fourth-order valence-electron chi connectivity index (χ4n) is 1.75. The Bertz CT molecular complexity index is 879. The average Bonchev–Trinajstić information content (AvgIpc) is 3.01. The Labute approximate surface area is 122 Å². The topological polar surface area (TPSA) is 102 Å². The van der Waals surface area contributed by atoms with Crippen LogP contribution in [0.25, 0.3) is 10.2 Å². The minimum atomic E-state index is -0.515. The number of carbonyl (C=O) groups is 1. The minimum Gasteiger partial charge on any atom is -0.497 e. The molecule has 21 heavy (non-hydrogen) atoms. The maximum absolute atomic E-state index is 12.0. The van der Waals surface area contributed by atoms with Crippen molar-refractivity contribution in [2.75, 3.05) is 12.4 Å². The highest BCUT2D eigenvalue weighted by Crippen LogP contribution is 2.29. The van der Waals surface area contributed by atoms with E-state index in [-0.39, 0.29) is 5.82 Å². The number of aromatic nitrogens is 4. The molecule has 0 radical (unpaired) electrons. The van der Waals surface area contributed by atoms with Crippen molar-refractivity contribution < 1.29 is 9.53 Å². The molecule has 2 N–H and O–H groups in total. The first-order valence-electron chi connectivity index (χ1n) is 5.96. The fraction of sp³-hybridized carbons (Fsp3) is 0.167. The molecular formula is C12H11N5O3S. The number of methoxy groups -OCH3 is 1. The van der Waals surface area contributed by atoms with Crippen LogP contribution in [0.15, 0.2) is 23.0 Å². The van der Waals surface area contributed by atoms with E-state index in [9.17, 15) is 9.59 Å². The highest BCUT2D eigenvalue weighted by atomic mass is 32.1. The first-order valence-corrected chi connectivity index (χ1v) is 6.78. The standard InChI is InChI=1S/C12H11N5O3S/c1-17-12(19)14-9(16-17)10(18)15-11-13-7-4-3-6(20-2)5-8(7)21-11/h3-5H,1-2H3,(H,13,15,18)(H,14,16,19). The van der Waals surface area contributed by atoms with Crippen LogP contribution in [0.4, 0.5) is 5.13 Å². The zero-order valence-corrected chi connectivity index (χ0v) is 12.0. The molecule has 0 aliphatic carbocycles. The number of nitrogens with zero attached hydrogens (tertiary/aromatic N) is 3. The number of hydrogen-bond acceptors (Lipinski definition) is 6. The zero-order valence-electron chi connectivity index (χ0n) is 11.2. The lowest BCUT2D eigenvalue weighted by Gasteiger charge is -1.96. The molecule has 2 heterocycles. The van der Waals surface area contributed by atoms with Crippen LogP contribution in [0.1, 0.15) is 10.6 Å². The van der Waals surface area contributed by atoms with E-state index in [1.54, 1.807) is 13.2 Å². The quantitative estimate of drug-likeness (QED) is 0.751. The molecule has 0 spiro atoms. The summed E-state index contributed by atoms with van der Waals surface area (Å²) in [6.07, 6.45) is 0. The van der Waals surface area contributed by atoms with Crippen molar-refractivity contribution in [2.45, 2.75) is 0 Å². The van der Waals surface area contributed by atoms with Gasteiger partial charge in [-0.05, 0) is 18.2 Å². The van der Waals surface area contributed by atoms with Crippen molar-refractivity contribution >= 4 is 32.6 Å². The number of hydrogen-bond donors (Lipinski definition) is 2. The summed E-state index contributed by atoms with van der Waals surface area (Å²) in [7, 11) is 3.04. The zero-order chi connectivity index (χ0) is 15.0. The van der Waals surface area contributed by atoms with Crippen LogP contribution in [-0.2, 0) is 7.05 Å².